The number of carbonyl (C=O) groups is 1. The number of benzene rings is 2. The number of ether oxygens (including phenoxy) is 2. The summed E-state index contributed by atoms with van der Waals surface area (Å²) in [6.45, 7) is 5.42. The number of methoxy groups -OCH3 is 1. The fourth-order valence-corrected chi connectivity index (χ4v) is 5.43. The Bertz CT molecular complexity index is 1040. The van der Waals surface area contributed by atoms with E-state index in [1.165, 1.54) is 13.2 Å². The SMILES string of the molecule is C=CC(C)Oc1ccc(C=CC(=O)Nc2c(SF)c(SF)c(SF)c(SF)c2SF)cc1OC. The van der Waals surface area contributed by atoms with Crippen LogP contribution in [0.2, 0.25) is 0 Å². The molecule has 0 bridgehead atoms. The Kier molecular flexibility index (Phi) is 11.8. The van der Waals surface area contributed by atoms with Crippen LogP contribution in [0.25, 0.3) is 6.08 Å². The molecule has 2 aromatic carbocycles. The minimum atomic E-state index is -0.851. The van der Waals surface area contributed by atoms with E-state index in [0.717, 1.165) is 6.08 Å². The molecule has 4 nitrogen and oxygen atoms in total. The third-order valence-electron chi connectivity index (χ3n) is 4.17. The number of anilines is 1. The molecule has 0 saturated heterocycles. The zero-order valence-corrected chi connectivity index (χ0v) is 21.5. The van der Waals surface area contributed by atoms with Gasteiger partial charge in [0.1, 0.15) is 6.10 Å². The quantitative estimate of drug-likeness (QED) is 0.153. The van der Waals surface area contributed by atoms with Gasteiger partial charge in [-0.15, -0.1) is 0 Å². The van der Waals surface area contributed by atoms with Gasteiger partial charge in [0, 0.05) is 6.08 Å². The molecule has 2 aromatic rings. The molecule has 0 fully saturated rings. The summed E-state index contributed by atoms with van der Waals surface area (Å²) in [4.78, 5) is 9.42. The summed E-state index contributed by atoms with van der Waals surface area (Å²) in [7, 11) is 1.44. The molecule has 1 atom stereocenters. The number of nitrogens with one attached hydrogen (secondary N) is 1. The van der Waals surface area contributed by atoms with E-state index in [9.17, 15) is 24.2 Å². The highest BCUT2D eigenvalue weighted by atomic mass is 32.2. The van der Waals surface area contributed by atoms with Crippen molar-refractivity contribution in [2.45, 2.75) is 37.5 Å². The van der Waals surface area contributed by atoms with E-state index in [1.54, 1.807) is 31.2 Å². The third kappa shape index (κ3) is 6.74. The van der Waals surface area contributed by atoms with E-state index >= 15 is 0 Å². The van der Waals surface area contributed by atoms with Gasteiger partial charge in [-0.05, 0) is 30.7 Å². The van der Waals surface area contributed by atoms with Gasteiger partial charge in [-0.1, -0.05) is 18.7 Å². The molecule has 0 heterocycles. The first kappa shape index (κ1) is 28.6. The van der Waals surface area contributed by atoms with Crippen molar-refractivity contribution in [1.82, 2.24) is 0 Å². The molecule has 1 N–H and O–H groups in total. The Labute approximate surface area is 215 Å². The van der Waals surface area contributed by atoms with Crippen LogP contribution in [-0.2, 0) is 4.79 Å². The number of carbonyl (C=O) groups excluding carboxylic acids is 1. The average Bonchev–Trinajstić information content (AvgIpc) is 2.86. The third-order valence-corrected chi connectivity index (χ3v) is 7.50. The second-order valence-electron chi connectivity index (χ2n) is 6.20. The Morgan fingerprint density at radius 1 is 0.941 bits per heavy atom. The highest BCUT2D eigenvalue weighted by Gasteiger charge is 2.29. The fraction of sp³-hybridized carbons (Fsp3) is 0.150. The van der Waals surface area contributed by atoms with Gasteiger partial charge < -0.3 is 14.8 Å². The Morgan fingerprint density at radius 3 is 1.94 bits per heavy atom. The lowest BCUT2D eigenvalue weighted by Crippen LogP contribution is -2.11. The predicted octanol–water partition coefficient (Wildman–Crippen LogP) is 9.18. The zero-order valence-electron chi connectivity index (χ0n) is 17.4. The van der Waals surface area contributed by atoms with Crippen LogP contribution >= 0.6 is 60.7 Å². The van der Waals surface area contributed by atoms with Crippen LogP contribution in [0.1, 0.15) is 12.5 Å². The molecule has 0 aromatic heterocycles. The molecule has 34 heavy (non-hydrogen) atoms. The second-order valence-corrected chi connectivity index (χ2v) is 9.01. The Balaban J connectivity index is 2.38. The molecule has 1 unspecified atom stereocenters. The normalized spacial score (nSPS) is 12.0. The molecule has 0 radical (unpaired) electrons. The van der Waals surface area contributed by atoms with Crippen LogP contribution in [0.4, 0.5) is 25.1 Å². The molecular formula is C20H16F5NO3S5. The van der Waals surface area contributed by atoms with Crippen molar-refractivity contribution in [3.05, 3.63) is 42.5 Å². The van der Waals surface area contributed by atoms with Gasteiger partial charge in [-0.2, -0.15) is 19.4 Å². The van der Waals surface area contributed by atoms with Gasteiger partial charge in [0.05, 0.1) is 98.0 Å². The maximum Gasteiger partial charge on any atom is 0.248 e. The van der Waals surface area contributed by atoms with E-state index in [2.05, 4.69) is 11.9 Å². The lowest BCUT2D eigenvalue weighted by molar-refractivity contribution is -0.111. The summed E-state index contributed by atoms with van der Waals surface area (Å²) < 4.78 is 78.3. The number of halogens is 5. The van der Waals surface area contributed by atoms with Gasteiger partial charge in [0.15, 0.2) is 11.5 Å². The van der Waals surface area contributed by atoms with Crippen molar-refractivity contribution in [2.75, 3.05) is 12.4 Å². The highest BCUT2D eigenvalue weighted by Crippen LogP contribution is 2.54. The van der Waals surface area contributed by atoms with Crippen LogP contribution in [0, 0.1) is 0 Å². The molecular weight excluding hydrogens is 558 g/mol. The largest absolute Gasteiger partial charge is 0.493 e. The first-order valence-electron chi connectivity index (χ1n) is 9.02. The number of hydrogen-bond donors (Lipinski definition) is 1. The maximum absolute atomic E-state index is 13.6. The molecule has 0 saturated carbocycles. The van der Waals surface area contributed by atoms with E-state index in [-0.39, 0.29) is 6.10 Å². The first-order chi connectivity index (χ1) is 16.4. The van der Waals surface area contributed by atoms with E-state index in [1.807, 2.05) is 0 Å². The summed E-state index contributed by atoms with van der Waals surface area (Å²) in [5, 5.41) is 2.22. The topological polar surface area (TPSA) is 47.6 Å². The highest BCUT2D eigenvalue weighted by molar-refractivity contribution is 8.00. The van der Waals surface area contributed by atoms with Crippen molar-refractivity contribution >= 4 is 78.4 Å². The van der Waals surface area contributed by atoms with Gasteiger partial charge in [-0.3, -0.25) is 4.79 Å². The predicted molar refractivity (Wildman–Crippen MR) is 132 cm³/mol. The number of rotatable bonds is 12. The zero-order chi connectivity index (χ0) is 25.3. The lowest BCUT2D eigenvalue weighted by atomic mass is 10.2. The molecule has 0 aliphatic heterocycles. The molecule has 14 heteroatoms. The van der Waals surface area contributed by atoms with Crippen LogP contribution in [-0.4, -0.2) is 19.1 Å². The van der Waals surface area contributed by atoms with Crippen molar-refractivity contribution in [3.8, 4) is 11.5 Å². The van der Waals surface area contributed by atoms with Crippen molar-refractivity contribution < 1.29 is 33.7 Å². The lowest BCUT2D eigenvalue weighted by Gasteiger charge is -2.17. The van der Waals surface area contributed by atoms with E-state index < -0.39 is 96.8 Å². The smallest absolute Gasteiger partial charge is 0.248 e. The standard InChI is InChI=1S/C20H16F5NO3S5/c1-4-10(2)29-12-7-5-11(9-13(12)28-3)6-8-14(27)26-15-16(30-21)18(32-23)20(34-25)19(33-24)17(15)31-22/h4-10H,1H2,2-3H3,(H,26,27). The van der Waals surface area contributed by atoms with Gasteiger partial charge in [0.25, 0.3) is 0 Å². The molecule has 0 aliphatic carbocycles. The molecule has 0 spiro atoms. The molecule has 2 rings (SSSR count). The van der Waals surface area contributed by atoms with Crippen LogP contribution < -0.4 is 14.8 Å². The molecule has 1 amide bonds. The average molecular weight is 574 g/mol. The maximum atomic E-state index is 13.6. The van der Waals surface area contributed by atoms with Gasteiger partial charge in [0.2, 0.25) is 5.91 Å². The number of amides is 1. The van der Waals surface area contributed by atoms with E-state index in [4.69, 9.17) is 9.47 Å². The van der Waals surface area contributed by atoms with Crippen LogP contribution in [0.5, 0.6) is 11.5 Å². The fourth-order valence-electron chi connectivity index (χ4n) is 2.58. The Hall–Kier alpha value is -1.61. The minimum absolute atomic E-state index is 0.270. The Morgan fingerprint density at radius 2 is 1.47 bits per heavy atom. The van der Waals surface area contributed by atoms with Gasteiger partial charge >= 0.3 is 0 Å². The van der Waals surface area contributed by atoms with Gasteiger partial charge in [-0.25, -0.2) is 0 Å². The van der Waals surface area contributed by atoms with E-state index in [0.29, 0.717) is 17.1 Å². The first-order valence-corrected chi connectivity index (χ1v) is 12.6. The van der Waals surface area contributed by atoms with Crippen LogP contribution in [0.15, 0.2) is 61.4 Å². The molecule has 0 aliphatic rings. The monoisotopic (exact) mass is 573 g/mol. The second kappa shape index (κ2) is 14.1. The van der Waals surface area contributed by atoms with Crippen molar-refractivity contribution in [2.24, 2.45) is 0 Å². The van der Waals surface area contributed by atoms with Crippen molar-refractivity contribution in [3.63, 3.8) is 0 Å². The summed E-state index contributed by atoms with van der Waals surface area (Å²) in [5.41, 5.74) is 0.00228. The summed E-state index contributed by atoms with van der Waals surface area (Å²) in [5.74, 6) is -0.0171. The summed E-state index contributed by atoms with van der Waals surface area (Å²) in [6.07, 6.45) is 3.76. The summed E-state index contributed by atoms with van der Waals surface area (Å²) in [6, 6.07) is 4.84. The molecule has 184 valence electrons. The van der Waals surface area contributed by atoms with Crippen LogP contribution in [0.3, 0.4) is 0 Å². The summed E-state index contributed by atoms with van der Waals surface area (Å²) >= 11 is -2.73. The minimum Gasteiger partial charge on any atom is -0.493 e. The number of hydrogen-bond acceptors (Lipinski definition) is 8. The van der Waals surface area contributed by atoms with Crippen molar-refractivity contribution in [1.29, 1.82) is 0 Å².